The van der Waals surface area contributed by atoms with Crippen molar-refractivity contribution in [3.8, 4) is 5.75 Å². The minimum atomic E-state index is 0.353. The van der Waals surface area contributed by atoms with E-state index >= 15 is 0 Å². The summed E-state index contributed by atoms with van der Waals surface area (Å²) >= 11 is 0. The van der Waals surface area contributed by atoms with Crippen molar-refractivity contribution in [1.82, 2.24) is 0 Å². The lowest BCUT2D eigenvalue weighted by molar-refractivity contribution is 0.414. The van der Waals surface area contributed by atoms with E-state index in [4.69, 9.17) is 4.74 Å². The van der Waals surface area contributed by atoms with E-state index in [-0.39, 0.29) is 0 Å². The molecule has 18 heavy (non-hydrogen) atoms. The van der Waals surface area contributed by atoms with Crippen LogP contribution in [0.3, 0.4) is 0 Å². The molecule has 3 heteroatoms. The highest BCUT2D eigenvalue weighted by Gasteiger charge is 2.36. The van der Waals surface area contributed by atoms with Crippen LogP contribution in [-0.2, 0) is 4.75 Å². The van der Waals surface area contributed by atoms with E-state index in [1.165, 1.54) is 43.4 Å². The molecule has 1 aliphatic heterocycles. The summed E-state index contributed by atoms with van der Waals surface area (Å²) in [5.41, 5.74) is 1.48. The Morgan fingerprint density at radius 2 is 2.00 bits per heavy atom. The summed E-state index contributed by atoms with van der Waals surface area (Å²) in [5, 5.41) is 0. The van der Waals surface area contributed by atoms with Crippen LogP contribution in [0.2, 0.25) is 0 Å². The highest BCUT2D eigenvalue weighted by atomic mass is 33.1. The minimum Gasteiger partial charge on any atom is -0.497 e. The number of ether oxygens (including phenoxy) is 1. The Labute approximate surface area is 118 Å². The standard InChI is InChI=1S/C15H22OS2/c1-3-4-5-10-15(11-12-17-18-15)13-6-8-14(16-2)9-7-13/h6-9H,3-5,10-12H2,1-2H3. The van der Waals surface area contributed by atoms with Crippen molar-refractivity contribution in [2.24, 2.45) is 0 Å². The third-order valence-corrected chi connectivity index (χ3v) is 6.87. The Hall–Kier alpha value is -0.280. The first-order valence-corrected chi connectivity index (χ1v) is 9.08. The Bertz CT molecular complexity index is 355. The number of unbranched alkanes of at least 4 members (excludes halogenated alkanes) is 2. The first kappa shape index (κ1) is 14.1. The van der Waals surface area contributed by atoms with Gasteiger partial charge in [0.15, 0.2) is 0 Å². The van der Waals surface area contributed by atoms with Gasteiger partial charge in [-0.2, -0.15) is 0 Å². The van der Waals surface area contributed by atoms with Crippen LogP contribution in [0, 0.1) is 0 Å². The van der Waals surface area contributed by atoms with Crippen LogP contribution < -0.4 is 4.74 Å². The smallest absolute Gasteiger partial charge is 0.118 e. The molecule has 100 valence electrons. The van der Waals surface area contributed by atoms with Gasteiger partial charge in [0.2, 0.25) is 0 Å². The molecule has 0 aliphatic carbocycles. The van der Waals surface area contributed by atoms with Crippen LogP contribution in [0.5, 0.6) is 5.75 Å². The molecule has 1 saturated heterocycles. The SMILES string of the molecule is CCCCCC1(c2ccc(OC)cc2)CCSS1. The van der Waals surface area contributed by atoms with Gasteiger partial charge in [-0.25, -0.2) is 0 Å². The number of hydrogen-bond donors (Lipinski definition) is 0. The number of methoxy groups -OCH3 is 1. The number of benzene rings is 1. The van der Waals surface area contributed by atoms with Crippen molar-refractivity contribution in [2.75, 3.05) is 12.9 Å². The summed E-state index contributed by atoms with van der Waals surface area (Å²) in [6.07, 6.45) is 6.61. The second-order valence-corrected chi connectivity index (χ2v) is 7.63. The van der Waals surface area contributed by atoms with Gasteiger partial charge in [0.05, 0.1) is 11.9 Å². The van der Waals surface area contributed by atoms with Crippen LogP contribution in [0.25, 0.3) is 0 Å². The largest absolute Gasteiger partial charge is 0.497 e. The molecule has 1 aromatic carbocycles. The van der Waals surface area contributed by atoms with Crippen LogP contribution in [0.1, 0.15) is 44.6 Å². The molecule has 2 rings (SSSR count). The molecule has 0 aromatic heterocycles. The molecule has 0 amide bonds. The first-order chi connectivity index (χ1) is 8.80. The van der Waals surface area contributed by atoms with Crippen molar-refractivity contribution in [3.05, 3.63) is 29.8 Å². The molecule has 1 aliphatic rings. The first-order valence-electron chi connectivity index (χ1n) is 6.76. The number of rotatable bonds is 6. The minimum absolute atomic E-state index is 0.353. The molecule has 1 heterocycles. The zero-order valence-corrected chi connectivity index (χ0v) is 12.9. The summed E-state index contributed by atoms with van der Waals surface area (Å²) in [6, 6.07) is 8.70. The van der Waals surface area contributed by atoms with E-state index in [0.29, 0.717) is 4.75 Å². The lowest BCUT2D eigenvalue weighted by Gasteiger charge is -2.28. The van der Waals surface area contributed by atoms with E-state index in [1.807, 2.05) is 10.8 Å². The molecule has 1 unspecified atom stereocenters. The molecule has 0 N–H and O–H groups in total. The maximum absolute atomic E-state index is 5.25. The van der Waals surface area contributed by atoms with Crippen LogP contribution in [-0.4, -0.2) is 12.9 Å². The van der Waals surface area contributed by atoms with E-state index in [9.17, 15) is 0 Å². The van der Waals surface area contributed by atoms with E-state index < -0.39 is 0 Å². The zero-order valence-electron chi connectivity index (χ0n) is 11.3. The summed E-state index contributed by atoms with van der Waals surface area (Å²) in [4.78, 5) is 0. The maximum Gasteiger partial charge on any atom is 0.118 e. The van der Waals surface area contributed by atoms with Gasteiger partial charge < -0.3 is 4.74 Å². The van der Waals surface area contributed by atoms with Crippen molar-refractivity contribution >= 4 is 21.6 Å². The Kier molecular flexibility index (Phi) is 5.31. The summed E-state index contributed by atoms with van der Waals surface area (Å²) in [5.74, 6) is 2.24. The summed E-state index contributed by atoms with van der Waals surface area (Å²) in [6.45, 7) is 2.27. The molecular formula is C15H22OS2. The summed E-state index contributed by atoms with van der Waals surface area (Å²) in [7, 11) is 5.84. The highest BCUT2D eigenvalue weighted by Crippen LogP contribution is 2.56. The van der Waals surface area contributed by atoms with E-state index in [0.717, 1.165) is 5.75 Å². The van der Waals surface area contributed by atoms with Crippen LogP contribution in [0.15, 0.2) is 24.3 Å². The van der Waals surface area contributed by atoms with Crippen molar-refractivity contribution in [1.29, 1.82) is 0 Å². The van der Waals surface area contributed by atoms with Crippen LogP contribution in [0.4, 0.5) is 0 Å². The molecule has 1 atom stereocenters. The molecule has 1 nitrogen and oxygen atoms in total. The van der Waals surface area contributed by atoms with Crippen LogP contribution >= 0.6 is 21.6 Å². The van der Waals surface area contributed by atoms with Gasteiger partial charge >= 0.3 is 0 Å². The normalized spacial score (nSPS) is 23.2. The van der Waals surface area contributed by atoms with Gasteiger partial charge in [-0.15, -0.1) is 0 Å². The molecule has 0 radical (unpaired) electrons. The van der Waals surface area contributed by atoms with Gasteiger partial charge in [0.1, 0.15) is 5.75 Å². The second kappa shape index (κ2) is 6.76. The van der Waals surface area contributed by atoms with Gasteiger partial charge in [0, 0.05) is 5.75 Å². The van der Waals surface area contributed by atoms with Crippen molar-refractivity contribution in [3.63, 3.8) is 0 Å². The molecule has 0 saturated carbocycles. The predicted octanol–water partition coefficient (Wildman–Crippen LogP) is 5.26. The fraction of sp³-hybridized carbons (Fsp3) is 0.600. The third-order valence-electron chi connectivity index (χ3n) is 3.61. The molecule has 0 spiro atoms. The van der Waals surface area contributed by atoms with E-state index in [2.05, 4.69) is 42.0 Å². The molecule has 1 aromatic rings. The van der Waals surface area contributed by atoms with Gasteiger partial charge in [-0.3, -0.25) is 0 Å². The predicted molar refractivity (Wildman–Crippen MR) is 83.5 cm³/mol. The fourth-order valence-corrected chi connectivity index (χ4v) is 5.94. The summed E-state index contributed by atoms with van der Waals surface area (Å²) < 4.78 is 5.60. The average Bonchev–Trinajstić information content (AvgIpc) is 2.89. The third kappa shape index (κ3) is 3.18. The Morgan fingerprint density at radius 3 is 2.56 bits per heavy atom. The molecular weight excluding hydrogens is 260 g/mol. The topological polar surface area (TPSA) is 9.23 Å². The van der Waals surface area contributed by atoms with Crippen molar-refractivity contribution in [2.45, 2.75) is 43.8 Å². The quantitative estimate of drug-likeness (QED) is 0.520. The molecule has 1 fully saturated rings. The van der Waals surface area contributed by atoms with Gasteiger partial charge in [-0.1, -0.05) is 59.9 Å². The van der Waals surface area contributed by atoms with Gasteiger partial charge in [-0.05, 0) is 30.5 Å². The second-order valence-electron chi connectivity index (χ2n) is 4.84. The molecule has 0 bridgehead atoms. The van der Waals surface area contributed by atoms with Gasteiger partial charge in [0.25, 0.3) is 0 Å². The highest BCUT2D eigenvalue weighted by molar-refractivity contribution is 8.77. The Balaban J connectivity index is 2.12. The number of hydrogen-bond acceptors (Lipinski definition) is 3. The lowest BCUT2D eigenvalue weighted by atomic mass is 9.89. The Morgan fingerprint density at radius 1 is 1.22 bits per heavy atom. The maximum atomic E-state index is 5.25. The van der Waals surface area contributed by atoms with E-state index in [1.54, 1.807) is 7.11 Å². The van der Waals surface area contributed by atoms with Crippen molar-refractivity contribution < 1.29 is 4.74 Å². The monoisotopic (exact) mass is 282 g/mol. The average molecular weight is 282 g/mol. The fourth-order valence-electron chi connectivity index (χ4n) is 2.46. The zero-order chi connectivity index (χ0) is 12.8. The lowest BCUT2D eigenvalue weighted by Crippen LogP contribution is -2.18.